The van der Waals surface area contributed by atoms with Crippen LogP contribution in [-0.2, 0) is 39.5 Å². The van der Waals surface area contributed by atoms with Crippen LogP contribution in [0.1, 0.15) is 28.1 Å². The molecular weight excluding hydrogens is 481 g/mol. The van der Waals surface area contributed by atoms with Gasteiger partial charge in [0.25, 0.3) is 5.56 Å². The summed E-state index contributed by atoms with van der Waals surface area (Å²) in [6, 6.07) is 10.4. The second kappa shape index (κ2) is 9.95. The monoisotopic (exact) mass is 502 g/mol. The lowest BCUT2D eigenvalue weighted by molar-refractivity contribution is -0.137. The lowest BCUT2D eigenvalue weighted by Gasteiger charge is -2.12. The summed E-state index contributed by atoms with van der Waals surface area (Å²) in [6.45, 7) is 0. The first-order valence-corrected chi connectivity index (χ1v) is 11.1. The van der Waals surface area contributed by atoms with Gasteiger partial charge in [-0.25, -0.2) is 0 Å². The van der Waals surface area contributed by atoms with Crippen LogP contribution in [0.5, 0.6) is 11.5 Å². The molecule has 0 aliphatic carbocycles. The Balaban J connectivity index is 1.40. The van der Waals surface area contributed by atoms with Gasteiger partial charge in [-0.1, -0.05) is 23.7 Å². The third-order valence-corrected chi connectivity index (χ3v) is 5.78. The molecule has 35 heavy (non-hydrogen) atoms. The van der Waals surface area contributed by atoms with Gasteiger partial charge in [0.1, 0.15) is 17.3 Å². The average Bonchev–Trinajstić information content (AvgIpc) is 3.21. The van der Waals surface area contributed by atoms with E-state index in [0.717, 1.165) is 23.3 Å². The summed E-state index contributed by atoms with van der Waals surface area (Å²) in [7, 11) is 3.68. The minimum atomic E-state index is -4.56. The topological polar surface area (TPSA) is 61.9 Å². The molecule has 0 saturated heterocycles. The van der Waals surface area contributed by atoms with Gasteiger partial charge in [0.05, 0.1) is 16.8 Å². The molecule has 0 fully saturated rings. The van der Waals surface area contributed by atoms with Crippen LogP contribution in [0.15, 0.2) is 65.8 Å². The van der Waals surface area contributed by atoms with Gasteiger partial charge in [0, 0.05) is 44.9 Å². The maximum Gasteiger partial charge on any atom is 0.417 e. The van der Waals surface area contributed by atoms with Crippen molar-refractivity contribution in [2.24, 2.45) is 14.1 Å². The standard InChI is InChI=1S/C25H22ClF3N4O2/c1-32-15-18(11-17-13-30-33(2)14-17)24(34)31-23(32)10-5-16-3-6-19(7-4-16)35-20-8-9-22(26)21(12-20)25(27,28)29/h3-4,6-9,12-15H,5,10-11H2,1-2H3. The summed E-state index contributed by atoms with van der Waals surface area (Å²) in [5.74, 6) is 1.10. The number of aromatic nitrogens is 4. The maximum absolute atomic E-state index is 13.0. The molecule has 6 nitrogen and oxygen atoms in total. The third-order valence-electron chi connectivity index (χ3n) is 5.45. The molecular formula is C25H22ClF3N4O2. The largest absolute Gasteiger partial charge is 0.457 e. The first kappa shape index (κ1) is 24.5. The highest BCUT2D eigenvalue weighted by Gasteiger charge is 2.33. The van der Waals surface area contributed by atoms with Gasteiger partial charge in [-0.15, -0.1) is 0 Å². The highest BCUT2D eigenvalue weighted by atomic mass is 35.5. The van der Waals surface area contributed by atoms with E-state index >= 15 is 0 Å². The lowest BCUT2D eigenvalue weighted by atomic mass is 10.1. The molecule has 0 bridgehead atoms. The van der Waals surface area contributed by atoms with Gasteiger partial charge in [-0.05, 0) is 47.9 Å². The predicted molar refractivity (Wildman–Crippen MR) is 126 cm³/mol. The predicted octanol–water partition coefficient (Wildman–Crippen LogP) is 5.35. The fourth-order valence-electron chi connectivity index (χ4n) is 3.67. The summed E-state index contributed by atoms with van der Waals surface area (Å²) in [6.07, 6.45) is 2.47. The Hall–Kier alpha value is -3.59. The second-order valence-corrected chi connectivity index (χ2v) is 8.59. The molecule has 0 atom stereocenters. The minimum absolute atomic E-state index is 0.0417. The van der Waals surface area contributed by atoms with Crippen LogP contribution in [0.25, 0.3) is 0 Å². The van der Waals surface area contributed by atoms with E-state index in [0.29, 0.717) is 36.4 Å². The van der Waals surface area contributed by atoms with Crippen molar-refractivity contribution in [3.05, 3.63) is 105 Å². The molecule has 0 radical (unpaired) electrons. The molecule has 0 unspecified atom stereocenters. The highest BCUT2D eigenvalue weighted by Crippen LogP contribution is 2.37. The van der Waals surface area contributed by atoms with E-state index < -0.39 is 11.7 Å². The van der Waals surface area contributed by atoms with Crippen molar-refractivity contribution in [1.82, 2.24) is 19.3 Å². The quantitative estimate of drug-likeness (QED) is 0.341. The van der Waals surface area contributed by atoms with Crippen LogP contribution in [0, 0.1) is 0 Å². The lowest BCUT2D eigenvalue weighted by Crippen LogP contribution is -2.20. The number of halogens is 4. The Kier molecular flexibility index (Phi) is 6.98. The van der Waals surface area contributed by atoms with Gasteiger partial charge >= 0.3 is 6.18 Å². The van der Waals surface area contributed by atoms with E-state index in [1.165, 1.54) is 6.07 Å². The van der Waals surface area contributed by atoms with Crippen LogP contribution in [0.3, 0.4) is 0 Å². The second-order valence-electron chi connectivity index (χ2n) is 8.18. The van der Waals surface area contributed by atoms with Crippen molar-refractivity contribution in [1.29, 1.82) is 0 Å². The molecule has 2 heterocycles. The Morgan fingerprint density at radius 2 is 1.69 bits per heavy atom. The summed E-state index contributed by atoms with van der Waals surface area (Å²) >= 11 is 5.65. The summed E-state index contributed by atoms with van der Waals surface area (Å²) < 4.78 is 48.3. The van der Waals surface area contributed by atoms with Crippen molar-refractivity contribution in [2.45, 2.75) is 25.4 Å². The van der Waals surface area contributed by atoms with Crippen LogP contribution >= 0.6 is 11.6 Å². The zero-order valence-corrected chi connectivity index (χ0v) is 19.8. The molecule has 0 aliphatic rings. The smallest absolute Gasteiger partial charge is 0.417 e. The van der Waals surface area contributed by atoms with Gasteiger partial charge in [0.15, 0.2) is 0 Å². The number of benzene rings is 2. The fraction of sp³-hybridized carbons (Fsp3) is 0.240. The molecule has 0 spiro atoms. The van der Waals surface area contributed by atoms with Crippen molar-refractivity contribution in [2.75, 3.05) is 0 Å². The van der Waals surface area contributed by atoms with E-state index in [-0.39, 0.29) is 16.3 Å². The Bertz CT molecular complexity index is 1400. The first-order chi connectivity index (χ1) is 16.6. The zero-order chi connectivity index (χ0) is 25.2. The molecule has 0 saturated carbocycles. The molecule has 10 heteroatoms. The van der Waals surface area contributed by atoms with E-state index in [9.17, 15) is 18.0 Å². The van der Waals surface area contributed by atoms with Crippen molar-refractivity contribution < 1.29 is 17.9 Å². The normalized spacial score (nSPS) is 11.6. The van der Waals surface area contributed by atoms with E-state index in [1.807, 2.05) is 37.0 Å². The minimum Gasteiger partial charge on any atom is -0.457 e. The number of hydrogen-bond donors (Lipinski definition) is 0. The number of aryl methyl sites for hydroxylation is 4. The fourth-order valence-corrected chi connectivity index (χ4v) is 3.89. The van der Waals surface area contributed by atoms with Crippen LogP contribution < -0.4 is 10.3 Å². The Morgan fingerprint density at radius 3 is 2.34 bits per heavy atom. The Labute approximate surface area is 204 Å². The molecule has 2 aromatic carbocycles. The molecule has 2 aromatic heterocycles. The van der Waals surface area contributed by atoms with Gasteiger partial charge in [-0.2, -0.15) is 23.3 Å². The average molecular weight is 503 g/mol. The molecule has 0 aliphatic heterocycles. The van der Waals surface area contributed by atoms with Crippen LogP contribution in [0.4, 0.5) is 13.2 Å². The van der Waals surface area contributed by atoms with Crippen LogP contribution in [0.2, 0.25) is 5.02 Å². The van der Waals surface area contributed by atoms with Gasteiger partial charge in [0.2, 0.25) is 0 Å². The number of hydrogen-bond acceptors (Lipinski definition) is 4. The van der Waals surface area contributed by atoms with Crippen molar-refractivity contribution in [3.63, 3.8) is 0 Å². The zero-order valence-electron chi connectivity index (χ0n) is 19.0. The molecule has 4 rings (SSSR count). The van der Waals surface area contributed by atoms with Crippen molar-refractivity contribution >= 4 is 11.6 Å². The molecule has 0 amide bonds. The number of rotatable bonds is 7. The van der Waals surface area contributed by atoms with Crippen molar-refractivity contribution in [3.8, 4) is 11.5 Å². The van der Waals surface area contributed by atoms with E-state index in [1.54, 1.807) is 29.2 Å². The van der Waals surface area contributed by atoms with Gasteiger partial charge in [-0.3, -0.25) is 9.48 Å². The molecule has 0 N–H and O–H groups in total. The molecule has 4 aromatic rings. The van der Waals surface area contributed by atoms with Gasteiger partial charge < -0.3 is 9.30 Å². The Morgan fingerprint density at radius 1 is 0.971 bits per heavy atom. The van der Waals surface area contributed by atoms with E-state index in [4.69, 9.17) is 16.3 Å². The maximum atomic E-state index is 13.0. The number of nitrogens with zero attached hydrogens (tertiary/aromatic N) is 4. The number of alkyl halides is 3. The first-order valence-electron chi connectivity index (χ1n) is 10.7. The summed E-state index contributed by atoms with van der Waals surface area (Å²) in [5, 5.41) is 3.74. The number of ether oxygens (including phenoxy) is 1. The van der Waals surface area contributed by atoms with E-state index in [2.05, 4.69) is 10.1 Å². The molecule has 182 valence electrons. The third kappa shape index (κ3) is 6.10. The highest BCUT2D eigenvalue weighted by molar-refractivity contribution is 6.31. The SMILES string of the molecule is Cn1cc(Cc2cn(C)c(CCc3ccc(Oc4ccc(Cl)c(C(F)(F)F)c4)cc3)nc2=O)cn1. The summed E-state index contributed by atoms with van der Waals surface area (Å²) in [4.78, 5) is 16.7. The summed E-state index contributed by atoms with van der Waals surface area (Å²) in [5.41, 5.74) is 1.30. The van der Waals surface area contributed by atoms with Crippen LogP contribution in [-0.4, -0.2) is 19.3 Å².